The summed E-state index contributed by atoms with van der Waals surface area (Å²) in [6.45, 7) is 6.79. The van der Waals surface area contributed by atoms with Crippen molar-refractivity contribution in [1.82, 2.24) is 10.3 Å². The van der Waals surface area contributed by atoms with E-state index in [2.05, 4.69) is 17.2 Å². The fraction of sp³-hybridized carbons (Fsp3) is 0.412. The average Bonchev–Trinajstić information content (AvgIpc) is 2.46. The zero-order valence-corrected chi connectivity index (χ0v) is 12.9. The van der Waals surface area contributed by atoms with Crippen molar-refractivity contribution < 1.29 is 9.53 Å². The van der Waals surface area contributed by atoms with E-state index in [1.54, 1.807) is 0 Å². The fourth-order valence-corrected chi connectivity index (χ4v) is 2.20. The number of para-hydroxylation sites is 1. The van der Waals surface area contributed by atoms with Crippen LogP contribution in [0.4, 0.5) is 0 Å². The quantitative estimate of drug-likeness (QED) is 0.830. The van der Waals surface area contributed by atoms with Crippen LogP contribution in [0.3, 0.4) is 0 Å². The zero-order valence-electron chi connectivity index (χ0n) is 12.9. The van der Waals surface area contributed by atoms with Gasteiger partial charge in [0, 0.05) is 23.7 Å². The number of hydrogen-bond acceptors (Lipinski definition) is 3. The maximum absolute atomic E-state index is 11.7. The van der Waals surface area contributed by atoms with Gasteiger partial charge in [0.25, 0.3) is 5.91 Å². The number of aromatic nitrogens is 1. The first kappa shape index (κ1) is 15.3. The molecule has 0 aliphatic heterocycles. The van der Waals surface area contributed by atoms with E-state index in [-0.39, 0.29) is 12.5 Å². The molecule has 0 unspecified atom stereocenters. The Labute approximate surface area is 125 Å². The molecule has 0 saturated heterocycles. The highest BCUT2D eigenvalue weighted by atomic mass is 16.5. The van der Waals surface area contributed by atoms with E-state index in [1.165, 1.54) is 0 Å². The van der Waals surface area contributed by atoms with E-state index < -0.39 is 0 Å². The number of unbranched alkanes of at least 4 members (excludes halogenated alkanes) is 1. The number of rotatable bonds is 6. The molecule has 0 saturated carbocycles. The molecular formula is C17H22N2O2. The number of carbonyl (C=O) groups excluding carboxylic acids is 1. The smallest absolute Gasteiger partial charge is 0.257 e. The molecule has 21 heavy (non-hydrogen) atoms. The van der Waals surface area contributed by atoms with Gasteiger partial charge in [-0.25, -0.2) is 0 Å². The van der Waals surface area contributed by atoms with Crippen molar-refractivity contribution in [3.8, 4) is 5.75 Å². The first-order chi connectivity index (χ1) is 10.1. The topological polar surface area (TPSA) is 51.2 Å². The lowest BCUT2D eigenvalue weighted by atomic mass is 10.1. The summed E-state index contributed by atoms with van der Waals surface area (Å²) in [7, 11) is 0. The number of nitrogens with zero attached hydrogens (tertiary/aromatic N) is 1. The third-order valence-corrected chi connectivity index (χ3v) is 3.34. The van der Waals surface area contributed by atoms with Crippen molar-refractivity contribution in [2.45, 2.75) is 33.6 Å². The molecule has 0 atom stereocenters. The molecule has 4 heteroatoms. The summed E-state index contributed by atoms with van der Waals surface area (Å²) in [6.07, 6.45) is 2.05. The number of fused-ring (bicyclic) bond motifs is 1. The van der Waals surface area contributed by atoms with E-state index in [1.807, 2.05) is 38.1 Å². The van der Waals surface area contributed by atoms with Gasteiger partial charge in [-0.1, -0.05) is 25.5 Å². The van der Waals surface area contributed by atoms with Crippen LogP contribution >= 0.6 is 0 Å². The molecule has 0 bridgehead atoms. The summed E-state index contributed by atoms with van der Waals surface area (Å²) >= 11 is 0. The predicted molar refractivity (Wildman–Crippen MR) is 84.6 cm³/mol. The summed E-state index contributed by atoms with van der Waals surface area (Å²) in [4.78, 5) is 16.3. The Hall–Kier alpha value is -2.10. The van der Waals surface area contributed by atoms with E-state index in [4.69, 9.17) is 4.74 Å². The number of benzene rings is 1. The maximum atomic E-state index is 11.7. The van der Waals surface area contributed by atoms with Crippen LogP contribution in [-0.4, -0.2) is 24.0 Å². The van der Waals surface area contributed by atoms with E-state index in [0.717, 1.165) is 35.0 Å². The number of carbonyl (C=O) groups is 1. The van der Waals surface area contributed by atoms with Crippen LogP contribution in [-0.2, 0) is 4.79 Å². The van der Waals surface area contributed by atoms with Gasteiger partial charge in [-0.3, -0.25) is 9.78 Å². The predicted octanol–water partition coefficient (Wildman–Crippen LogP) is 3.15. The minimum absolute atomic E-state index is 0.0379. The molecule has 1 heterocycles. The molecular weight excluding hydrogens is 264 g/mol. The molecule has 1 aromatic carbocycles. The Balaban J connectivity index is 2.11. The van der Waals surface area contributed by atoms with Gasteiger partial charge in [-0.2, -0.15) is 0 Å². The summed E-state index contributed by atoms with van der Waals surface area (Å²) in [5, 5.41) is 3.79. The number of nitrogens with one attached hydrogen (secondary N) is 1. The lowest BCUT2D eigenvalue weighted by Gasteiger charge is -2.11. The van der Waals surface area contributed by atoms with Crippen molar-refractivity contribution in [2.24, 2.45) is 0 Å². The van der Waals surface area contributed by atoms with Crippen LogP contribution < -0.4 is 10.1 Å². The highest BCUT2D eigenvalue weighted by Crippen LogP contribution is 2.27. The Bertz CT molecular complexity index is 638. The van der Waals surface area contributed by atoms with Gasteiger partial charge >= 0.3 is 0 Å². The van der Waals surface area contributed by atoms with E-state index in [0.29, 0.717) is 12.3 Å². The second-order valence-corrected chi connectivity index (χ2v) is 5.23. The Morgan fingerprint density at radius 1 is 1.33 bits per heavy atom. The van der Waals surface area contributed by atoms with Crippen LogP contribution in [0, 0.1) is 13.8 Å². The molecule has 0 aliphatic carbocycles. The Morgan fingerprint density at radius 3 is 2.90 bits per heavy atom. The molecule has 112 valence electrons. The van der Waals surface area contributed by atoms with Crippen molar-refractivity contribution in [3.63, 3.8) is 0 Å². The normalized spacial score (nSPS) is 10.6. The van der Waals surface area contributed by atoms with Gasteiger partial charge < -0.3 is 10.1 Å². The molecule has 0 radical (unpaired) electrons. The summed E-state index contributed by atoms with van der Waals surface area (Å²) in [5.74, 6) is 0.630. The van der Waals surface area contributed by atoms with Crippen molar-refractivity contribution >= 4 is 16.8 Å². The monoisotopic (exact) mass is 286 g/mol. The molecule has 1 N–H and O–H groups in total. The highest BCUT2D eigenvalue weighted by molar-refractivity contribution is 5.88. The molecule has 1 aromatic heterocycles. The maximum Gasteiger partial charge on any atom is 0.257 e. The molecule has 4 nitrogen and oxygen atoms in total. The third kappa shape index (κ3) is 3.94. The van der Waals surface area contributed by atoms with E-state index >= 15 is 0 Å². The van der Waals surface area contributed by atoms with Crippen molar-refractivity contribution in [1.29, 1.82) is 0 Å². The summed E-state index contributed by atoms with van der Waals surface area (Å²) < 4.78 is 5.70. The average molecular weight is 286 g/mol. The second kappa shape index (κ2) is 7.07. The first-order valence-electron chi connectivity index (χ1n) is 7.38. The van der Waals surface area contributed by atoms with Crippen LogP contribution in [0.15, 0.2) is 24.3 Å². The number of aryl methyl sites for hydroxylation is 2. The van der Waals surface area contributed by atoms with Crippen molar-refractivity contribution in [3.05, 3.63) is 35.5 Å². The lowest BCUT2D eigenvalue weighted by molar-refractivity contribution is -0.123. The fourth-order valence-electron chi connectivity index (χ4n) is 2.20. The molecule has 2 aromatic rings. The van der Waals surface area contributed by atoms with Crippen LogP contribution in [0.2, 0.25) is 0 Å². The second-order valence-electron chi connectivity index (χ2n) is 5.23. The van der Waals surface area contributed by atoms with Gasteiger partial charge in [0.05, 0.1) is 5.52 Å². The van der Waals surface area contributed by atoms with Gasteiger partial charge in [0.2, 0.25) is 0 Å². The van der Waals surface area contributed by atoms with Gasteiger partial charge in [0.15, 0.2) is 6.61 Å². The van der Waals surface area contributed by atoms with Crippen LogP contribution in [0.1, 0.15) is 31.0 Å². The minimum atomic E-state index is -0.0845. The van der Waals surface area contributed by atoms with E-state index in [9.17, 15) is 4.79 Å². The Morgan fingerprint density at radius 2 is 2.14 bits per heavy atom. The highest BCUT2D eigenvalue weighted by Gasteiger charge is 2.09. The number of amides is 1. The standard InChI is InChI=1S/C17H22N2O2/c1-4-5-9-18-16(20)11-21-15-10-13(3)19-17-12(2)7-6-8-14(15)17/h6-8,10H,4-5,9,11H2,1-3H3,(H,18,20). The molecule has 0 aliphatic rings. The van der Waals surface area contributed by atoms with Gasteiger partial charge in [-0.15, -0.1) is 0 Å². The van der Waals surface area contributed by atoms with Crippen LogP contribution in [0.25, 0.3) is 10.9 Å². The van der Waals surface area contributed by atoms with Gasteiger partial charge in [-0.05, 0) is 31.9 Å². The third-order valence-electron chi connectivity index (χ3n) is 3.34. The summed E-state index contributed by atoms with van der Waals surface area (Å²) in [5.41, 5.74) is 2.92. The molecule has 0 fully saturated rings. The number of hydrogen-bond donors (Lipinski definition) is 1. The van der Waals surface area contributed by atoms with Crippen molar-refractivity contribution in [2.75, 3.05) is 13.2 Å². The molecule has 1 amide bonds. The van der Waals surface area contributed by atoms with Crippen LogP contribution in [0.5, 0.6) is 5.75 Å². The minimum Gasteiger partial charge on any atom is -0.483 e. The number of pyridine rings is 1. The molecule has 0 spiro atoms. The number of ether oxygens (including phenoxy) is 1. The largest absolute Gasteiger partial charge is 0.483 e. The Kier molecular flexibility index (Phi) is 5.14. The lowest BCUT2D eigenvalue weighted by Crippen LogP contribution is -2.29. The zero-order chi connectivity index (χ0) is 15.2. The van der Waals surface area contributed by atoms with Gasteiger partial charge in [0.1, 0.15) is 5.75 Å². The summed E-state index contributed by atoms with van der Waals surface area (Å²) in [6, 6.07) is 7.85. The first-order valence-corrected chi connectivity index (χ1v) is 7.38. The SMILES string of the molecule is CCCCNC(=O)COc1cc(C)nc2c(C)cccc12. The molecule has 2 rings (SSSR count).